The molecule has 1 fully saturated rings. The average molecular weight is 302 g/mol. The average Bonchev–Trinajstić information content (AvgIpc) is 3.33. The zero-order valence-corrected chi connectivity index (χ0v) is 12.3. The fraction of sp³-hybridized carbons (Fsp3) is 0.235. The van der Waals surface area contributed by atoms with Crippen molar-refractivity contribution >= 4 is 23.2 Å². The van der Waals surface area contributed by atoms with Gasteiger partial charge in [0.2, 0.25) is 5.91 Å². The van der Waals surface area contributed by atoms with Crippen molar-refractivity contribution in [2.24, 2.45) is 5.92 Å². The molecule has 0 radical (unpaired) electrons. The molecule has 1 aliphatic carbocycles. The van der Waals surface area contributed by atoms with Crippen LogP contribution in [0.3, 0.4) is 0 Å². The first-order valence-electron chi connectivity index (χ1n) is 6.99. The molecule has 3 nitrogen and oxygen atoms in total. The van der Waals surface area contributed by atoms with E-state index >= 15 is 0 Å². The third-order valence-electron chi connectivity index (χ3n) is 3.39. The summed E-state index contributed by atoms with van der Waals surface area (Å²) in [6.45, 7) is 0.491. The molecule has 1 saturated carbocycles. The van der Waals surface area contributed by atoms with Crippen LogP contribution < -0.4 is 10.1 Å². The Bertz CT molecular complexity index is 618. The van der Waals surface area contributed by atoms with Gasteiger partial charge in [-0.1, -0.05) is 23.7 Å². The molecule has 1 aliphatic rings. The number of hydrogen-bond donors (Lipinski definition) is 1. The van der Waals surface area contributed by atoms with Crippen molar-refractivity contribution in [3.63, 3.8) is 0 Å². The highest BCUT2D eigenvalue weighted by molar-refractivity contribution is 6.30. The lowest BCUT2D eigenvalue weighted by atomic mass is 10.2. The number of amides is 1. The zero-order valence-electron chi connectivity index (χ0n) is 11.5. The molecule has 2 aromatic rings. The molecular weight excluding hydrogens is 286 g/mol. The molecule has 4 heteroatoms. The van der Waals surface area contributed by atoms with Crippen molar-refractivity contribution in [1.29, 1.82) is 0 Å². The van der Waals surface area contributed by atoms with Crippen LogP contribution in [0.25, 0.3) is 0 Å². The maximum absolute atomic E-state index is 11.6. The van der Waals surface area contributed by atoms with Gasteiger partial charge in [0.05, 0.1) is 0 Å². The summed E-state index contributed by atoms with van der Waals surface area (Å²) in [6, 6.07) is 15.0. The van der Waals surface area contributed by atoms with Gasteiger partial charge in [-0.05, 0) is 54.8 Å². The van der Waals surface area contributed by atoms with Gasteiger partial charge in [-0.25, -0.2) is 0 Å². The van der Waals surface area contributed by atoms with Crippen LogP contribution in [0.1, 0.15) is 18.4 Å². The zero-order chi connectivity index (χ0) is 14.7. The van der Waals surface area contributed by atoms with Gasteiger partial charge in [-0.2, -0.15) is 0 Å². The summed E-state index contributed by atoms with van der Waals surface area (Å²) in [6.07, 6.45) is 2.02. The van der Waals surface area contributed by atoms with Crippen LogP contribution in [-0.2, 0) is 11.4 Å². The maximum Gasteiger partial charge on any atom is 0.227 e. The lowest BCUT2D eigenvalue weighted by molar-refractivity contribution is -0.117. The van der Waals surface area contributed by atoms with Gasteiger partial charge < -0.3 is 10.1 Å². The molecule has 3 rings (SSSR count). The number of benzene rings is 2. The Balaban J connectivity index is 1.54. The van der Waals surface area contributed by atoms with E-state index in [0.717, 1.165) is 34.9 Å². The predicted octanol–water partition coefficient (Wildman–Crippen LogP) is 4.27. The number of halogens is 1. The van der Waals surface area contributed by atoms with Crippen LogP contribution >= 0.6 is 11.6 Å². The van der Waals surface area contributed by atoms with E-state index in [1.54, 1.807) is 0 Å². The van der Waals surface area contributed by atoms with Crippen LogP contribution in [0.5, 0.6) is 5.75 Å². The number of rotatable bonds is 5. The van der Waals surface area contributed by atoms with Gasteiger partial charge in [0.1, 0.15) is 12.4 Å². The van der Waals surface area contributed by atoms with E-state index in [9.17, 15) is 4.79 Å². The quantitative estimate of drug-likeness (QED) is 0.895. The Hall–Kier alpha value is -2.00. The summed E-state index contributed by atoms with van der Waals surface area (Å²) in [5.41, 5.74) is 1.87. The van der Waals surface area contributed by atoms with E-state index in [-0.39, 0.29) is 11.8 Å². The van der Waals surface area contributed by atoms with Crippen LogP contribution in [0.4, 0.5) is 5.69 Å². The second-order valence-corrected chi connectivity index (χ2v) is 5.64. The molecular formula is C17H16ClNO2. The molecule has 0 unspecified atom stereocenters. The number of ether oxygens (including phenoxy) is 1. The van der Waals surface area contributed by atoms with Gasteiger partial charge in [0.15, 0.2) is 0 Å². The van der Waals surface area contributed by atoms with E-state index in [4.69, 9.17) is 16.3 Å². The SMILES string of the molecule is O=C(Nc1ccc(OCc2ccc(Cl)cc2)cc1)C1CC1. The Morgan fingerprint density at radius 2 is 1.76 bits per heavy atom. The van der Waals surface area contributed by atoms with Gasteiger partial charge in [-0.15, -0.1) is 0 Å². The first kappa shape index (κ1) is 14.0. The Labute approximate surface area is 128 Å². The normalized spacial score (nSPS) is 13.8. The number of carbonyl (C=O) groups excluding carboxylic acids is 1. The first-order chi connectivity index (χ1) is 10.2. The Kier molecular flexibility index (Phi) is 4.11. The van der Waals surface area contributed by atoms with Gasteiger partial charge in [0, 0.05) is 16.6 Å². The molecule has 0 heterocycles. The molecule has 2 aromatic carbocycles. The van der Waals surface area contributed by atoms with E-state index in [1.807, 2.05) is 48.5 Å². The largest absolute Gasteiger partial charge is 0.489 e. The molecule has 0 aromatic heterocycles. The summed E-state index contributed by atoms with van der Waals surface area (Å²) in [5, 5.41) is 3.62. The monoisotopic (exact) mass is 301 g/mol. The minimum Gasteiger partial charge on any atom is -0.489 e. The van der Waals surface area contributed by atoms with Crippen LogP contribution in [0.2, 0.25) is 5.02 Å². The van der Waals surface area contributed by atoms with E-state index < -0.39 is 0 Å². The fourth-order valence-corrected chi connectivity index (χ4v) is 2.10. The first-order valence-corrected chi connectivity index (χ1v) is 7.37. The molecule has 0 bridgehead atoms. The highest BCUT2D eigenvalue weighted by Crippen LogP contribution is 2.30. The van der Waals surface area contributed by atoms with Gasteiger partial charge in [-0.3, -0.25) is 4.79 Å². The Morgan fingerprint density at radius 3 is 2.38 bits per heavy atom. The topological polar surface area (TPSA) is 38.3 Å². The van der Waals surface area contributed by atoms with Gasteiger partial charge in [0.25, 0.3) is 0 Å². The van der Waals surface area contributed by atoms with Crippen molar-refractivity contribution in [2.45, 2.75) is 19.4 Å². The number of nitrogens with one attached hydrogen (secondary N) is 1. The van der Waals surface area contributed by atoms with Crippen LogP contribution in [0, 0.1) is 5.92 Å². The summed E-state index contributed by atoms with van der Waals surface area (Å²) in [5.74, 6) is 1.10. The third-order valence-corrected chi connectivity index (χ3v) is 3.64. The minimum absolute atomic E-state index is 0.116. The summed E-state index contributed by atoms with van der Waals surface area (Å²) in [7, 11) is 0. The van der Waals surface area contributed by atoms with E-state index in [0.29, 0.717) is 6.61 Å². The number of anilines is 1. The van der Waals surface area contributed by atoms with Crippen molar-refractivity contribution in [1.82, 2.24) is 0 Å². The molecule has 108 valence electrons. The summed E-state index contributed by atoms with van der Waals surface area (Å²) < 4.78 is 5.70. The maximum atomic E-state index is 11.6. The molecule has 0 saturated heterocycles. The van der Waals surface area contributed by atoms with Crippen molar-refractivity contribution in [2.75, 3.05) is 5.32 Å². The molecule has 0 aliphatic heterocycles. The molecule has 1 amide bonds. The highest BCUT2D eigenvalue weighted by atomic mass is 35.5. The van der Waals surface area contributed by atoms with E-state index in [1.165, 1.54) is 0 Å². The standard InChI is InChI=1S/C17H16ClNO2/c18-14-5-1-12(2-6-14)11-21-16-9-7-15(8-10-16)19-17(20)13-3-4-13/h1-2,5-10,13H,3-4,11H2,(H,19,20). The second-order valence-electron chi connectivity index (χ2n) is 5.20. The molecule has 1 N–H and O–H groups in total. The van der Waals surface area contributed by atoms with E-state index in [2.05, 4.69) is 5.32 Å². The van der Waals surface area contributed by atoms with Crippen molar-refractivity contribution in [3.8, 4) is 5.75 Å². The minimum atomic E-state index is 0.116. The highest BCUT2D eigenvalue weighted by Gasteiger charge is 2.29. The predicted molar refractivity (Wildman–Crippen MR) is 83.6 cm³/mol. The fourth-order valence-electron chi connectivity index (χ4n) is 1.97. The Morgan fingerprint density at radius 1 is 1.10 bits per heavy atom. The molecule has 0 spiro atoms. The number of hydrogen-bond acceptors (Lipinski definition) is 2. The van der Waals surface area contributed by atoms with Crippen LogP contribution in [-0.4, -0.2) is 5.91 Å². The third kappa shape index (κ3) is 3.99. The lowest BCUT2D eigenvalue weighted by Crippen LogP contribution is -2.13. The lowest BCUT2D eigenvalue weighted by Gasteiger charge is -2.08. The smallest absolute Gasteiger partial charge is 0.227 e. The summed E-state index contributed by atoms with van der Waals surface area (Å²) >= 11 is 5.84. The van der Waals surface area contributed by atoms with Crippen LogP contribution in [0.15, 0.2) is 48.5 Å². The summed E-state index contributed by atoms with van der Waals surface area (Å²) in [4.78, 5) is 11.6. The molecule has 21 heavy (non-hydrogen) atoms. The molecule has 0 atom stereocenters. The van der Waals surface area contributed by atoms with Crippen molar-refractivity contribution in [3.05, 3.63) is 59.1 Å². The number of carbonyl (C=O) groups is 1. The van der Waals surface area contributed by atoms with Crippen molar-refractivity contribution < 1.29 is 9.53 Å². The van der Waals surface area contributed by atoms with Gasteiger partial charge >= 0.3 is 0 Å². The second kappa shape index (κ2) is 6.19.